The standard InChI is InChI=1S/C16H20N2O3/c1-20-13-7-11(8-14(10-13)21-2)15-9-12(17)3-4-16(15)18-5-6-19/h3-4,7-10,18-19H,5-6,17H2,1-2H3. The number of rotatable bonds is 6. The van der Waals surface area contributed by atoms with Gasteiger partial charge in [0.2, 0.25) is 0 Å². The van der Waals surface area contributed by atoms with E-state index in [0.29, 0.717) is 23.7 Å². The fraction of sp³-hybridized carbons (Fsp3) is 0.250. The third kappa shape index (κ3) is 3.58. The zero-order valence-corrected chi connectivity index (χ0v) is 12.2. The molecule has 0 aliphatic heterocycles. The second kappa shape index (κ2) is 6.85. The first-order valence-electron chi connectivity index (χ1n) is 6.65. The van der Waals surface area contributed by atoms with Crippen LogP contribution in [-0.2, 0) is 0 Å². The van der Waals surface area contributed by atoms with E-state index < -0.39 is 0 Å². The second-order valence-corrected chi connectivity index (χ2v) is 4.56. The van der Waals surface area contributed by atoms with Crippen molar-refractivity contribution >= 4 is 11.4 Å². The summed E-state index contributed by atoms with van der Waals surface area (Å²) >= 11 is 0. The Balaban J connectivity index is 2.51. The summed E-state index contributed by atoms with van der Waals surface area (Å²) in [5, 5.41) is 12.2. The number of nitrogen functional groups attached to an aromatic ring is 1. The van der Waals surface area contributed by atoms with Gasteiger partial charge in [-0.3, -0.25) is 0 Å². The lowest BCUT2D eigenvalue weighted by Gasteiger charge is -2.14. The molecule has 112 valence electrons. The van der Waals surface area contributed by atoms with E-state index in [1.54, 1.807) is 14.2 Å². The topological polar surface area (TPSA) is 76.7 Å². The molecule has 21 heavy (non-hydrogen) atoms. The molecule has 0 aliphatic carbocycles. The summed E-state index contributed by atoms with van der Waals surface area (Å²) in [5.41, 5.74) is 9.32. The van der Waals surface area contributed by atoms with Crippen LogP contribution in [-0.4, -0.2) is 32.5 Å². The SMILES string of the molecule is COc1cc(OC)cc(-c2cc(N)ccc2NCCO)c1. The number of nitrogens with one attached hydrogen (secondary N) is 1. The number of ether oxygens (including phenoxy) is 2. The number of hydrogen-bond donors (Lipinski definition) is 3. The largest absolute Gasteiger partial charge is 0.497 e. The Morgan fingerprint density at radius 3 is 2.29 bits per heavy atom. The minimum absolute atomic E-state index is 0.0608. The summed E-state index contributed by atoms with van der Waals surface area (Å²) < 4.78 is 10.6. The summed E-state index contributed by atoms with van der Waals surface area (Å²) in [4.78, 5) is 0. The van der Waals surface area contributed by atoms with Crippen molar-refractivity contribution in [3.63, 3.8) is 0 Å². The van der Waals surface area contributed by atoms with E-state index in [1.165, 1.54) is 0 Å². The lowest BCUT2D eigenvalue weighted by molar-refractivity contribution is 0.311. The van der Waals surface area contributed by atoms with E-state index in [0.717, 1.165) is 16.8 Å². The Bertz CT molecular complexity index is 592. The van der Waals surface area contributed by atoms with Crippen LogP contribution in [0.3, 0.4) is 0 Å². The van der Waals surface area contributed by atoms with E-state index >= 15 is 0 Å². The summed E-state index contributed by atoms with van der Waals surface area (Å²) in [6.45, 7) is 0.531. The van der Waals surface area contributed by atoms with Crippen molar-refractivity contribution in [2.24, 2.45) is 0 Å². The minimum Gasteiger partial charge on any atom is -0.497 e. The maximum Gasteiger partial charge on any atom is 0.123 e. The molecule has 0 amide bonds. The van der Waals surface area contributed by atoms with E-state index in [2.05, 4.69) is 5.32 Å². The zero-order chi connectivity index (χ0) is 15.2. The average Bonchev–Trinajstić information content (AvgIpc) is 2.53. The van der Waals surface area contributed by atoms with Gasteiger partial charge in [-0.2, -0.15) is 0 Å². The van der Waals surface area contributed by atoms with Crippen LogP contribution < -0.4 is 20.5 Å². The molecule has 0 fully saturated rings. The van der Waals surface area contributed by atoms with Gasteiger partial charge in [0.05, 0.1) is 20.8 Å². The number of aliphatic hydroxyl groups is 1. The molecule has 0 atom stereocenters. The molecule has 0 saturated heterocycles. The van der Waals surface area contributed by atoms with Gasteiger partial charge in [0.25, 0.3) is 0 Å². The number of nitrogens with two attached hydrogens (primary N) is 1. The Labute approximate surface area is 124 Å². The Morgan fingerprint density at radius 1 is 1.05 bits per heavy atom. The lowest BCUT2D eigenvalue weighted by Crippen LogP contribution is -2.06. The van der Waals surface area contributed by atoms with Crippen molar-refractivity contribution < 1.29 is 14.6 Å². The van der Waals surface area contributed by atoms with Gasteiger partial charge < -0.3 is 25.6 Å². The normalized spacial score (nSPS) is 10.2. The van der Waals surface area contributed by atoms with Gasteiger partial charge in [-0.1, -0.05) is 0 Å². The Morgan fingerprint density at radius 2 is 1.71 bits per heavy atom. The zero-order valence-electron chi connectivity index (χ0n) is 12.2. The van der Waals surface area contributed by atoms with Crippen molar-refractivity contribution in [1.82, 2.24) is 0 Å². The van der Waals surface area contributed by atoms with Gasteiger partial charge in [0, 0.05) is 29.5 Å². The van der Waals surface area contributed by atoms with Crippen LogP contribution in [0.1, 0.15) is 0 Å². The Kier molecular flexibility index (Phi) is 4.90. The van der Waals surface area contributed by atoms with Crippen molar-refractivity contribution in [3.8, 4) is 22.6 Å². The average molecular weight is 288 g/mol. The molecule has 0 bridgehead atoms. The van der Waals surface area contributed by atoms with Gasteiger partial charge in [0.1, 0.15) is 11.5 Å². The molecular formula is C16H20N2O3. The highest BCUT2D eigenvalue weighted by Crippen LogP contribution is 2.35. The van der Waals surface area contributed by atoms with Crippen LogP contribution in [0.5, 0.6) is 11.5 Å². The van der Waals surface area contributed by atoms with E-state index in [1.807, 2.05) is 36.4 Å². The van der Waals surface area contributed by atoms with Crippen LogP contribution >= 0.6 is 0 Å². The molecule has 2 aromatic carbocycles. The monoisotopic (exact) mass is 288 g/mol. The number of aliphatic hydroxyl groups excluding tert-OH is 1. The van der Waals surface area contributed by atoms with Crippen LogP contribution in [0.15, 0.2) is 36.4 Å². The highest BCUT2D eigenvalue weighted by atomic mass is 16.5. The summed E-state index contributed by atoms with van der Waals surface area (Å²) in [6, 6.07) is 11.3. The van der Waals surface area contributed by atoms with Gasteiger partial charge in [0.15, 0.2) is 0 Å². The minimum atomic E-state index is 0.0608. The molecule has 0 aliphatic rings. The molecule has 0 unspecified atom stereocenters. The molecule has 0 radical (unpaired) electrons. The van der Waals surface area contributed by atoms with Crippen molar-refractivity contribution in [3.05, 3.63) is 36.4 Å². The van der Waals surface area contributed by atoms with Crippen molar-refractivity contribution in [1.29, 1.82) is 0 Å². The number of hydrogen-bond acceptors (Lipinski definition) is 5. The summed E-state index contributed by atoms with van der Waals surface area (Å²) in [7, 11) is 3.23. The third-order valence-corrected chi connectivity index (χ3v) is 3.13. The maximum atomic E-state index is 8.98. The molecule has 0 aromatic heterocycles. The van der Waals surface area contributed by atoms with Crippen LogP contribution in [0.25, 0.3) is 11.1 Å². The second-order valence-electron chi connectivity index (χ2n) is 4.56. The molecular weight excluding hydrogens is 268 g/mol. The molecule has 0 heterocycles. The molecule has 5 heteroatoms. The van der Waals surface area contributed by atoms with Crippen molar-refractivity contribution in [2.75, 3.05) is 38.4 Å². The van der Waals surface area contributed by atoms with Gasteiger partial charge >= 0.3 is 0 Å². The Hall–Kier alpha value is -2.40. The first-order valence-corrected chi connectivity index (χ1v) is 6.65. The number of methoxy groups -OCH3 is 2. The molecule has 0 spiro atoms. The lowest BCUT2D eigenvalue weighted by atomic mass is 10.0. The first kappa shape index (κ1) is 15.0. The highest BCUT2D eigenvalue weighted by Gasteiger charge is 2.09. The molecule has 0 saturated carbocycles. The van der Waals surface area contributed by atoms with Gasteiger partial charge in [-0.05, 0) is 35.9 Å². The van der Waals surface area contributed by atoms with Gasteiger partial charge in [-0.15, -0.1) is 0 Å². The summed E-state index contributed by atoms with van der Waals surface area (Å²) in [6.07, 6.45) is 0. The quantitative estimate of drug-likeness (QED) is 0.711. The van der Waals surface area contributed by atoms with Crippen molar-refractivity contribution in [2.45, 2.75) is 0 Å². The van der Waals surface area contributed by atoms with E-state index in [9.17, 15) is 0 Å². The smallest absolute Gasteiger partial charge is 0.123 e. The third-order valence-electron chi connectivity index (χ3n) is 3.13. The predicted octanol–water partition coefficient (Wildman–Crippen LogP) is 2.36. The predicted molar refractivity (Wildman–Crippen MR) is 85.0 cm³/mol. The summed E-state index contributed by atoms with van der Waals surface area (Å²) in [5.74, 6) is 1.42. The number of anilines is 2. The maximum absolute atomic E-state index is 8.98. The molecule has 2 aromatic rings. The van der Waals surface area contributed by atoms with Crippen LogP contribution in [0.2, 0.25) is 0 Å². The fourth-order valence-electron chi connectivity index (χ4n) is 2.11. The molecule has 4 N–H and O–H groups in total. The highest BCUT2D eigenvalue weighted by molar-refractivity contribution is 5.82. The fourth-order valence-corrected chi connectivity index (χ4v) is 2.11. The molecule has 2 rings (SSSR count). The van der Waals surface area contributed by atoms with E-state index in [-0.39, 0.29) is 6.61 Å². The first-order chi connectivity index (χ1) is 10.2. The van der Waals surface area contributed by atoms with Gasteiger partial charge in [-0.25, -0.2) is 0 Å². The van der Waals surface area contributed by atoms with Crippen LogP contribution in [0, 0.1) is 0 Å². The van der Waals surface area contributed by atoms with E-state index in [4.69, 9.17) is 20.3 Å². The number of benzene rings is 2. The van der Waals surface area contributed by atoms with Crippen LogP contribution in [0.4, 0.5) is 11.4 Å². The molecule has 5 nitrogen and oxygen atoms in total.